The predicted octanol–water partition coefficient (Wildman–Crippen LogP) is 3.59. The van der Waals surface area contributed by atoms with Gasteiger partial charge in [0, 0.05) is 18.7 Å². The molecule has 1 aliphatic rings. The van der Waals surface area contributed by atoms with E-state index in [1.54, 1.807) is 4.31 Å². The van der Waals surface area contributed by atoms with Crippen molar-refractivity contribution < 1.29 is 12.8 Å². The molecule has 0 amide bonds. The Bertz CT molecular complexity index is 551. The molecule has 108 valence electrons. The third-order valence-corrected chi connectivity index (χ3v) is 5.96. The Labute approximate surface area is 127 Å². The van der Waals surface area contributed by atoms with E-state index in [0.717, 1.165) is 12.8 Å². The fourth-order valence-electron chi connectivity index (χ4n) is 1.93. The maximum Gasteiger partial charge on any atom is 0.247 e. The Morgan fingerprint density at radius 3 is 2.58 bits per heavy atom. The minimum atomic E-state index is -3.52. The molecule has 0 N–H and O–H groups in total. The van der Waals surface area contributed by atoms with Gasteiger partial charge in [0.15, 0.2) is 4.67 Å². The summed E-state index contributed by atoms with van der Waals surface area (Å²) in [5.74, 6) is 0.891. The van der Waals surface area contributed by atoms with Gasteiger partial charge in [0.2, 0.25) is 10.0 Å². The van der Waals surface area contributed by atoms with Crippen molar-refractivity contribution in [2.75, 3.05) is 6.54 Å². The van der Waals surface area contributed by atoms with Crippen LogP contribution in [-0.2, 0) is 15.9 Å². The molecule has 4 nitrogen and oxygen atoms in total. The molecule has 0 aliphatic heterocycles. The maximum absolute atomic E-state index is 12.7. The number of nitrogens with zero attached hydrogens (tertiary/aromatic N) is 1. The van der Waals surface area contributed by atoms with Crippen LogP contribution in [0.2, 0.25) is 0 Å². The first kappa shape index (κ1) is 15.4. The Hall–Kier alpha value is -0.0400. The number of rotatable bonds is 6. The molecule has 7 heteroatoms. The second kappa shape index (κ2) is 5.76. The summed E-state index contributed by atoms with van der Waals surface area (Å²) in [4.78, 5) is 0.177. The normalized spacial score (nSPS) is 16.5. The van der Waals surface area contributed by atoms with Crippen LogP contribution in [0.15, 0.2) is 20.0 Å². The third kappa shape index (κ3) is 3.35. The number of hydrogen-bond acceptors (Lipinski definition) is 3. The Balaban J connectivity index is 2.35. The van der Waals surface area contributed by atoms with Crippen molar-refractivity contribution in [3.63, 3.8) is 0 Å². The highest BCUT2D eigenvalue weighted by atomic mass is 79.9. The van der Waals surface area contributed by atoms with E-state index < -0.39 is 10.0 Å². The molecule has 0 atom stereocenters. The van der Waals surface area contributed by atoms with E-state index in [2.05, 4.69) is 15.9 Å². The van der Waals surface area contributed by atoms with Crippen LogP contribution in [0.3, 0.4) is 0 Å². The maximum atomic E-state index is 12.7. The molecule has 0 unspecified atom stereocenters. The molecule has 0 aromatic carbocycles. The van der Waals surface area contributed by atoms with Crippen molar-refractivity contribution in [2.45, 2.75) is 43.5 Å². The molecular formula is C12H17BrClNO3S. The average Bonchev–Trinajstić information content (AvgIpc) is 3.08. The van der Waals surface area contributed by atoms with Gasteiger partial charge in [-0.2, -0.15) is 4.31 Å². The predicted molar refractivity (Wildman–Crippen MR) is 77.7 cm³/mol. The summed E-state index contributed by atoms with van der Waals surface area (Å²) in [7, 11) is -3.52. The highest BCUT2D eigenvalue weighted by Crippen LogP contribution is 2.36. The summed E-state index contributed by atoms with van der Waals surface area (Å²) in [6.07, 6.45) is 1.87. The minimum Gasteiger partial charge on any atom is -0.452 e. The molecular weight excluding hydrogens is 354 g/mol. The molecule has 19 heavy (non-hydrogen) atoms. The molecule has 0 radical (unpaired) electrons. The van der Waals surface area contributed by atoms with Crippen molar-refractivity contribution >= 4 is 37.6 Å². The molecule has 1 aromatic heterocycles. The molecule has 0 saturated heterocycles. The van der Waals surface area contributed by atoms with Crippen LogP contribution >= 0.6 is 27.5 Å². The van der Waals surface area contributed by atoms with E-state index in [1.807, 2.05) is 13.8 Å². The fraction of sp³-hybridized carbons (Fsp3) is 0.667. The zero-order valence-corrected chi connectivity index (χ0v) is 14.1. The lowest BCUT2D eigenvalue weighted by Gasteiger charge is -2.23. The first-order chi connectivity index (χ1) is 8.86. The largest absolute Gasteiger partial charge is 0.452 e. The van der Waals surface area contributed by atoms with Gasteiger partial charge < -0.3 is 4.42 Å². The molecule has 0 spiro atoms. The SMILES string of the molecule is CC(C)CN(C1CC1)S(=O)(=O)c1cc(CCl)oc1Br. The van der Waals surface area contributed by atoms with Crippen LogP contribution in [0.1, 0.15) is 32.4 Å². The van der Waals surface area contributed by atoms with Crippen LogP contribution in [-0.4, -0.2) is 25.3 Å². The Morgan fingerprint density at radius 1 is 1.53 bits per heavy atom. The van der Waals surface area contributed by atoms with Crippen molar-refractivity contribution in [1.82, 2.24) is 4.31 Å². The van der Waals surface area contributed by atoms with Gasteiger partial charge in [-0.1, -0.05) is 13.8 Å². The van der Waals surface area contributed by atoms with Crippen molar-refractivity contribution in [3.05, 3.63) is 16.5 Å². The number of hydrogen-bond donors (Lipinski definition) is 0. The van der Waals surface area contributed by atoms with Crippen molar-refractivity contribution in [3.8, 4) is 0 Å². The zero-order valence-electron chi connectivity index (χ0n) is 10.9. The summed E-state index contributed by atoms with van der Waals surface area (Å²) in [6.45, 7) is 4.56. The van der Waals surface area contributed by atoms with E-state index in [-0.39, 0.29) is 27.4 Å². The summed E-state index contributed by atoms with van der Waals surface area (Å²) < 4.78 is 32.5. The summed E-state index contributed by atoms with van der Waals surface area (Å²) in [6, 6.07) is 1.64. The second-order valence-corrected chi connectivity index (χ2v) is 8.03. The van der Waals surface area contributed by atoms with Crippen LogP contribution in [0.25, 0.3) is 0 Å². The number of halogens is 2. The molecule has 1 aromatic rings. The first-order valence-electron chi connectivity index (χ1n) is 6.22. The van der Waals surface area contributed by atoms with E-state index in [4.69, 9.17) is 16.0 Å². The lowest BCUT2D eigenvalue weighted by molar-refractivity contribution is 0.359. The van der Waals surface area contributed by atoms with Gasteiger partial charge in [0.1, 0.15) is 10.7 Å². The van der Waals surface area contributed by atoms with Gasteiger partial charge in [-0.15, -0.1) is 11.6 Å². The van der Waals surface area contributed by atoms with Gasteiger partial charge in [0.25, 0.3) is 0 Å². The van der Waals surface area contributed by atoms with Crippen LogP contribution in [0, 0.1) is 5.92 Å². The van der Waals surface area contributed by atoms with Gasteiger partial charge in [-0.05, 0) is 34.7 Å². The minimum absolute atomic E-state index is 0.133. The van der Waals surface area contributed by atoms with Gasteiger partial charge >= 0.3 is 0 Å². The number of sulfonamides is 1. The lowest BCUT2D eigenvalue weighted by Crippen LogP contribution is -2.36. The highest BCUT2D eigenvalue weighted by molar-refractivity contribution is 9.10. The Kier molecular flexibility index (Phi) is 4.65. The molecule has 1 fully saturated rings. The number of furan rings is 1. The highest BCUT2D eigenvalue weighted by Gasteiger charge is 2.40. The summed E-state index contributed by atoms with van der Waals surface area (Å²) >= 11 is 8.84. The first-order valence-corrected chi connectivity index (χ1v) is 8.99. The smallest absolute Gasteiger partial charge is 0.247 e. The van der Waals surface area contributed by atoms with Gasteiger partial charge in [0.05, 0.1) is 5.88 Å². The van der Waals surface area contributed by atoms with E-state index in [0.29, 0.717) is 12.3 Å². The summed E-state index contributed by atoms with van der Waals surface area (Å²) in [5.41, 5.74) is 0. The molecule has 2 rings (SSSR count). The quantitative estimate of drug-likeness (QED) is 0.719. The number of alkyl halides is 1. The third-order valence-electron chi connectivity index (χ3n) is 2.92. The van der Waals surface area contributed by atoms with Gasteiger partial charge in [-0.25, -0.2) is 8.42 Å². The van der Waals surface area contributed by atoms with E-state index in [1.165, 1.54) is 6.07 Å². The van der Waals surface area contributed by atoms with Crippen LogP contribution in [0.4, 0.5) is 0 Å². The monoisotopic (exact) mass is 369 g/mol. The molecule has 1 saturated carbocycles. The lowest BCUT2D eigenvalue weighted by atomic mass is 10.2. The zero-order chi connectivity index (χ0) is 14.2. The van der Waals surface area contributed by atoms with Crippen LogP contribution in [0.5, 0.6) is 0 Å². The molecule has 1 aliphatic carbocycles. The van der Waals surface area contributed by atoms with Crippen LogP contribution < -0.4 is 0 Å². The standard InChI is InChI=1S/C12H17BrClNO3S/c1-8(2)7-15(9-3-4-9)19(16,17)11-5-10(6-14)18-12(11)13/h5,8-9H,3-4,6-7H2,1-2H3. The van der Waals surface area contributed by atoms with E-state index in [9.17, 15) is 8.42 Å². The van der Waals surface area contributed by atoms with Gasteiger partial charge in [-0.3, -0.25) is 0 Å². The molecule has 1 heterocycles. The topological polar surface area (TPSA) is 50.5 Å². The average molecular weight is 371 g/mol. The molecule has 0 bridgehead atoms. The fourth-order valence-corrected chi connectivity index (χ4v) is 4.87. The summed E-state index contributed by atoms with van der Waals surface area (Å²) in [5, 5.41) is 0. The van der Waals surface area contributed by atoms with Crippen molar-refractivity contribution in [2.24, 2.45) is 5.92 Å². The van der Waals surface area contributed by atoms with E-state index >= 15 is 0 Å². The second-order valence-electron chi connectivity index (χ2n) is 5.18. The Morgan fingerprint density at radius 2 is 2.16 bits per heavy atom. The van der Waals surface area contributed by atoms with Crippen molar-refractivity contribution in [1.29, 1.82) is 0 Å².